The number of hydrogen-bond acceptors (Lipinski definition) is 7. The summed E-state index contributed by atoms with van der Waals surface area (Å²) < 4.78 is 51.6. The van der Waals surface area contributed by atoms with Crippen molar-refractivity contribution in [3.8, 4) is 11.5 Å². The van der Waals surface area contributed by atoms with Crippen LogP contribution in [0.2, 0.25) is 10.0 Å². The summed E-state index contributed by atoms with van der Waals surface area (Å²) in [6, 6.07) is 8.71. The van der Waals surface area contributed by atoms with E-state index in [4.69, 9.17) is 32.7 Å². The predicted octanol–water partition coefficient (Wildman–Crippen LogP) is 5.30. The molecule has 0 saturated heterocycles. The Labute approximate surface area is 256 Å². The van der Waals surface area contributed by atoms with Gasteiger partial charge in [0.2, 0.25) is 5.91 Å². The van der Waals surface area contributed by atoms with E-state index in [1.165, 1.54) is 82.0 Å². The zero-order valence-corrected chi connectivity index (χ0v) is 24.8. The van der Waals surface area contributed by atoms with Gasteiger partial charge in [-0.05, 0) is 41.8 Å². The van der Waals surface area contributed by atoms with Gasteiger partial charge < -0.3 is 24.9 Å². The van der Waals surface area contributed by atoms with Crippen molar-refractivity contribution in [2.45, 2.75) is 50.6 Å². The first-order valence-electron chi connectivity index (χ1n) is 12.9. The standard InChI is InChI=1S/C29H29Cl2F3N4O5/c1-17(2)28(16-39,15-29(32,33)34)38-27(41)25(18-4-6-22(42-3)7-5-18)37-26(40)24(13-21-14-35-8-9-36-21)43-23-11-19(30)10-20(31)12-23/h4-12,14,16-17,24-25H,13,15H2,1-3H3,(H,37,40)(H,38,41)/t24-,25+,28-/m1/s1. The number of hydrogen-bond donors (Lipinski definition) is 2. The van der Waals surface area contributed by atoms with Crippen molar-refractivity contribution in [2.75, 3.05) is 7.11 Å². The number of amides is 2. The Bertz CT molecular complexity index is 1390. The van der Waals surface area contributed by atoms with Gasteiger partial charge in [-0.3, -0.25) is 19.6 Å². The second kappa shape index (κ2) is 14.5. The first-order valence-corrected chi connectivity index (χ1v) is 13.7. The smallest absolute Gasteiger partial charge is 0.391 e. The van der Waals surface area contributed by atoms with Crippen LogP contribution in [0.3, 0.4) is 0 Å². The van der Waals surface area contributed by atoms with E-state index in [2.05, 4.69) is 20.6 Å². The van der Waals surface area contributed by atoms with Crippen molar-refractivity contribution < 1.29 is 37.0 Å². The van der Waals surface area contributed by atoms with Crippen LogP contribution < -0.4 is 20.1 Å². The fourth-order valence-corrected chi connectivity index (χ4v) is 4.64. The van der Waals surface area contributed by atoms with Gasteiger partial charge in [-0.2, -0.15) is 13.2 Å². The Morgan fingerprint density at radius 1 is 1.00 bits per heavy atom. The third-order valence-electron chi connectivity index (χ3n) is 6.51. The van der Waals surface area contributed by atoms with Crippen LogP contribution in [0.1, 0.15) is 37.6 Å². The number of ether oxygens (including phenoxy) is 2. The molecule has 1 heterocycles. The summed E-state index contributed by atoms with van der Waals surface area (Å²) in [5, 5.41) is 5.28. The summed E-state index contributed by atoms with van der Waals surface area (Å²) in [6.07, 6.45) is -3.47. The van der Waals surface area contributed by atoms with Crippen LogP contribution in [0.15, 0.2) is 61.1 Å². The lowest BCUT2D eigenvalue weighted by Gasteiger charge is -2.35. The number of aldehydes is 1. The zero-order valence-electron chi connectivity index (χ0n) is 23.3. The molecule has 3 rings (SSSR count). The van der Waals surface area contributed by atoms with E-state index in [0.717, 1.165) is 0 Å². The number of rotatable bonds is 13. The number of benzene rings is 2. The minimum absolute atomic E-state index is 0.0683. The lowest BCUT2D eigenvalue weighted by atomic mass is 9.83. The lowest BCUT2D eigenvalue weighted by Crippen LogP contribution is -2.59. The largest absolute Gasteiger partial charge is 0.497 e. The molecule has 0 saturated carbocycles. The van der Waals surface area contributed by atoms with Crippen LogP contribution in [-0.2, 0) is 20.8 Å². The molecular formula is C29H29Cl2F3N4O5. The summed E-state index contributed by atoms with van der Waals surface area (Å²) in [5.74, 6) is -2.25. The number of aromatic nitrogens is 2. The molecule has 2 amide bonds. The van der Waals surface area contributed by atoms with E-state index in [-0.39, 0.29) is 34.1 Å². The van der Waals surface area contributed by atoms with E-state index in [1.807, 2.05) is 0 Å². The van der Waals surface area contributed by atoms with Gasteiger partial charge in [0.25, 0.3) is 5.91 Å². The molecule has 9 nitrogen and oxygen atoms in total. The molecule has 2 aromatic carbocycles. The Morgan fingerprint density at radius 2 is 1.65 bits per heavy atom. The summed E-state index contributed by atoms with van der Waals surface area (Å²) in [5.41, 5.74) is -1.73. The molecule has 0 spiro atoms. The molecule has 14 heteroatoms. The van der Waals surface area contributed by atoms with Crippen molar-refractivity contribution >= 4 is 41.3 Å². The van der Waals surface area contributed by atoms with E-state index in [9.17, 15) is 27.6 Å². The summed E-state index contributed by atoms with van der Waals surface area (Å²) in [4.78, 5) is 47.6. The minimum Gasteiger partial charge on any atom is -0.497 e. The zero-order chi connectivity index (χ0) is 31.8. The second-order valence-electron chi connectivity index (χ2n) is 9.92. The van der Waals surface area contributed by atoms with Crippen molar-refractivity contribution in [1.82, 2.24) is 20.6 Å². The first-order chi connectivity index (χ1) is 20.2. The lowest BCUT2D eigenvalue weighted by molar-refractivity contribution is -0.161. The molecule has 3 atom stereocenters. The van der Waals surface area contributed by atoms with E-state index < -0.39 is 48.0 Å². The predicted molar refractivity (Wildman–Crippen MR) is 153 cm³/mol. The highest BCUT2D eigenvalue weighted by atomic mass is 35.5. The Morgan fingerprint density at radius 3 is 2.16 bits per heavy atom. The number of nitrogens with one attached hydrogen (secondary N) is 2. The van der Waals surface area contributed by atoms with Gasteiger partial charge in [-0.15, -0.1) is 0 Å². The number of methoxy groups -OCH3 is 1. The monoisotopic (exact) mass is 640 g/mol. The number of alkyl halides is 3. The Kier molecular flexibility index (Phi) is 11.3. The maximum Gasteiger partial charge on any atom is 0.391 e. The van der Waals surface area contributed by atoms with Crippen LogP contribution in [-0.4, -0.2) is 53.0 Å². The van der Waals surface area contributed by atoms with Crippen LogP contribution in [0, 0.1) is 5.92 Å². The van der Waals surface area contributed by atoms with Gasteiger partial charge in [-0.25, -0.2) is 0 Å². The number of carbonyl (C=O) groups excluding carboxylic acids is 3. The van der Waals surface area contributed by atoms with Gasteiger partial charge in [0, 0.05) is 35.1 Å². The van der Waals surface area contributed by atoms with E-state index >= 15 is 0 Å². The quantitative estimate of drug-likeness (QED) is 0.243. The molecule has 0 aliphatic heterocycles. The highest BCUT2D eigenvalue weighted by molar-refractivity contribution is 6.34. The SMILES string of the molecule is COc1ccc([C@H](NC(=O)[C@@H](Cc2cnccn2)Oc2cc(Cl)cc(Cl)c2)C(=O)N[C@@](C=O)(CC(F)(F)F)C(C)C)cc1. The molecule has 0 radical (unpaired) electrons. The molecule has 230 valence electrons. The van der Waals surface area contributed by atoms with Gasteiger partial charge in [0.1, 0.15) is 29.4 Å². The second-order valence-corrected chi connectivity index (χ2v) is 10.8. The van der Waals surface area contributed by atoms with Gasteiger partial charge in [0.05, 0.1) is 19.2 Å². The van der Waals surface area contributed by atoms with E-state index in [1.54, 1.807) is 0 Å². The molecule has 0 unspecified atom stereocenters. The Hall–Kier alpha value is -3.90. The fraction of sp³-hybridized carbons (Fsp3) is 0.345. The molecule has 0 bridgehead atoms. The maximum atomic E-state index is 13.7. The minimum atomic E-state index is -4.77. The van der Waals surface area contributed by atoms with Crippen molar-refractivity contribution in [3.05, 3.63) is 82.4 Å². The molecule has 1 aromatic heterocycles. The molecule has 0 fully saturated rings. The van der Waals surface area contributed by atoms with Crippen molar-refractivity contribution in [3.63, 3.8) is 0 Å². The van der Waals surface area contributed by atoms with Gasteiger partial charge in [-0.1, -0.05) is 49.2 Å². The number of carbonyl (C=O) groups is 3. The highest BCUT2D eigenvalue weighted by Crippen LogP contribution is 2.32. The molecule has 0 aliphatic carbocycles. The molecular weight excluding hydrogens is 612 g/mol. The molecule has 43 heavy (non-hydrogen) atoms. The average Bonchev–Trinajstić information content (AvgIpc) is 2.94. The molecule has 3 aromatic rings. The fourth-order valence-electron chi connectivity index (χ4n) is 4.14. The maximum absolute atomic E-state index is 13.7. The van der Waals surface area contributed by atoms with Crippen molar-refractivity contribution in [1.29, 1.82) is 0 Å². The van der Waals surface area contributed by atoms with Crippen LogP contribution in [0.25, 0.3) is 0 Å². The number of halogens is 5. The third-order valence-corrected chi connectivity index (χ3v) is 6.94. The molecule has 0 aliphatic rings. The normalized spacial score (nSPS) is 14.3. The van der Waals surface area contributed by atoms with Crippen molar-refractivity contribution in [2.24, 2.45) is 5.92 Å². The summed E-state index contributed by atoms with van der Waals surface area (Å²) in [7, 11) is 1.43. The summed E-state index contributed by atoms with van der Waals surface area (Å²) in [6.45, 7) is 2.75. The van der Waals surface area contributed by atoms with Crippen LogP contribution in [0.4, 0.5) is 13.2 Å². The highest BCUT2D eigenvalue weighted by Gasteiger charge is 2.47. The summed E-state index contributed by atoms with van der Waals surface area (Å²) >= 11 is 12.2. The topological polar surface area (TPSA) is 120 Å². The van der Waals surface area contributed by atoms with Crippen LogP contribution >= 0.6 is 23.2 Å². The third kappa shape index (κ3) is 9.55. The van der Waals surface area contributed by atoms with E-state index in [0.29, 0.717) is 11.4 Å². The number of nitrogens with zero attached hydrogens (tertiary/aromatic N) is 2. The first kappa shape index (κ1) is 33.6. The van der Waals surface area contributed by atoms with Gasteiger partial charge >= 0.3 is 6.18 Å². The Balaban J connectivity index is 2.00. The van der Waals surface area contributed by atoms with Crippen LogP contribution in [0.5, 0.6) is 11.5 Å². The van der Waals surface area contributed by atoms with Gasteiger partial charge in [0.15, 0.2) is 6.10 Å². The average molecular weight is 641 g/mol. The molecule has 2 N–H and O–H groups in total.